The van der Waals surface area contributed by atoms with Crippen LogP contribution < -0.4 is 10.0 Å². The molecule has 1 aliphatic heterocycles. The average molecular weight is 316 g/mol. The Labute approximate surface area is 126 Å². The smallest absolute Gasteiger partial charge is 0.279 e. The van der Waals surface area contributed by atoms with Crippen molar-refractivity contribution in [2.24, 2.45) is 7.05 Å². The summed E-state index contributed by atoms with van der Waals surface area (Å²) in [6.07, 6.45) is 5.05. The summed E-state index contributed by atoms with van der Waals surface area (Å²) in [5.41, 5.74) is 0. The van der Waals surface area contributed by atoms with Crippen LogP contribution in [0.3, 0.4) is 0 Å². The molecule has 1 aliphatic rings. The molecule has 0 radical (unpaired) electrons. The van der Waals surface area contributed by atoms with Gasteiger partial charge in [-0.15, -0.1) is 10.2 Å². The van der Waals surface area contributed by atoms with Gasteiger partial charge in [-0.2, -0.15) is 12.7 Å². The highest BCUT2D eigenvalue weighted by molar-refractivity contribution is 7.87. The minimum atomic E-state index is -3.43. The summed E-state index contributed by atoms with van der Waals surface area (Å²) in [6.45, 7) is 1.60. The molecule has 0 aliphatic carbocycles. The number of hydrogen-bond acceptors (Lipinski definition) is 5. The van der Waals surface area contributed by atoms with E-state index in [1.165, 1.54) is 0 Å². The third-order valence-electron chi connectivity index (χ3n) is 3.76. The molecule has 1 aromatic rings. The number of likely N-dealkylation sites (N-methyl/N-ethyl adjacent to an activating group) is 1. The zero-order chi connectivity index (χ0) is 15.3. The summed E-state index contributed by atoms with van der Waals surface area (Å²) < 4.78 is 30.9. The van der Waals surface area contributed by atoms with Gasteiger partial charge < -0.3 is 9.88 Å². The van der Waals surface area contributed by atoms with Crippen molar-refractivity contribution in [3.05, 3.63) is 12.2 Å². The Bertz CT molecular complexity index is 542. The molecule has 0 amide bonds. The molecule has 0 spiro atoms. The number of rotatable bonds is 7. The van der Waals surface area contributed by atoms with Gasteiger partial charge in [0.05, 0.1) is 0 Å². The van der Waals surface area contributed by atoms with E-state index in [9.17, 15) is 8.42 Å². The summed E-state index contributed by atoms with van der Waals surface area (Å²) >= 11 is 0. The third-order valence-corrected chi connectivity index (χ3v) is 5.43. The fourth-order valence-corrected chi connectivity index (χ4v) is 4.11. The number of hydrogen-bond donors (Lipinski definition) is 2. The second kappa shape index (κ2) is 7.30. The van der Waals surface area contributed by atoms with Gasteiger partial charge in [0.25, 0.3) is 10.2 Å². The number of nitrogens with one attached hydrogen (secondary N) is 2. The summed E-state index contributed by atoms with van der Waals surface area (Å²) in [6, 6.07) is 0.0380. The van der Waals surface area contributed by atoms with Gasteiger partial charge in [0.2, 0.25) is 0 Å². The molecule has 2 rings (SSSR count). The molecule has 2 heterocycles. The maximum atomic E-state index is 12.4. The van der Waals surface area contributed by atoms with Crippen LogP contribution in [-0.4, -0.2) is 60.2 Å². The lowest BCUT2D eigenvalue weighted by atomic mass is 10.1. The largest absolute Gasteiger partial charge is 0.321 e. The van der Waals surface area contributed by atoms with Crippen molar-refractivity contribution in [2.45, 2.75) is 31.7 Å². The van der Waals surface area contributed by atoms with Crippen LogP contribution in [0, 0.1) is 0 Å². The fourth-order valence-electron chi connectivity index (χ4n) is 2.64. The van der Waals surface area contributed by atoms with Gasteiger partial charge in [-0.1, -0.05) is 6.42 Å². The number of aromatic nitrogens is 3. The van der Waals surface area contributed by atoms with E-state index in [4.69, 9.17) is 0 Å². The fraction of sp³-hybridized carbons (Fsp3) is 0.833. The molecule has 1 unspecified atom stereocenters. The van der Waals surface area contributed by atoms with Gasteiger partial charge in [-0.25, -0.2) is 4.72 Å². The summed E-state index contributed by atoms with van der Waals surface area (Å²) in [4.78, 5) is 0. The predicted octanol–water partition coefficient (Wildman–Crippen LogP) is -0.734. The number of nitrogens with zero attached hydrogens (tertiary/aromatic N) is 4. The summed E-state index contributed by atoms with van der Waals surface area (Å²) in [5, 5.41) is 10.8. The second-order valence-electron chi connectivity index (χ2n) is 5.33. The maximum absolute atomic E-state index is 12.4. The molecule has 1 atom stereocenters. The van der Waals surface area contributed by atoms with E-state index in [1.807, 2.05) is 14.1 Å². The highest BCUT2D eigenvalue weighted by atomic mass is 32.2. The molecular formula is C12H24N6O2S. The molecular weight excluding hydrogens is 292 g/mol. The first-order valence-electron chi connectivity index (χ1n) is 7.28. The van der Waals surface area contributed by atoms with Crippen LogP contribution >= 0.6 is 0 Å². The maximum Gasteiger partial charge on any atom is 0.279 e. The van der Waals surface area contributed by atoms with Crippen LogP contribution in [0.1, 0.15) is 25.1 Å². The van der Waals surface area contributed by atoms with Gasteiger partial charge in [0.1, 0.15) is 12.2 Å². The van der Waals surface area contributed by atoms with E-state index in [1.54, 1.807) is 15.2 Å². The van der Waals surface area contributed by atoms with Crippen molar-refractivity contribution in [1.82, 2.24) is 29.1 Å². The average Bonchev–Trinajstić information content (AvgIpc) is 2.85. The van der Waals surface area contributed by atoms with E-state index in [2.05, 4.69) is 20.2 Å². The van der Waals surface area contributed by atoms with E-state index in [0.717, 1.165) is 25.1 Å². The Morgan fingerprint density at radius 2 is 2.24 bits per heavy atom. The molecule has 1 saturated heterocycles. The van der Waals surface area contributed by atoms with Crippen molar-refractivity contribution >= 4 is 10.2 Å². The first-order valence-corrected chi connectivity index (χ1v) is 8.72. The highest BCUT2D eigenvalue weighted by Gasteiger charge is 2.31. The SMILES string of the molecule is CNCC1CCCCN1S(=O)(=O)NCCc1nncn1C. The van der Waals surface area contributed by atoms with Gasteiger partial charge in [-0.05, 0) is 19.9 Å². The van der Waals surface area contributed by atoms with Crippen molar-refractivity contribution in [3.8, 4) is 0 Å². The van der Waals surface area contributed by atoms with Crippen LogP contribution in [0.15, 0.2) is 6.33 Å². The van der Waals surface area contributed by atoms with E-state index >= 15 is 0 Å². The lowest BCUT2D eigenvalue weighted by Crippen LogP contribution is -2.52. The van der Waals surface area contributed by atoms with Crippen LogP contribution in [0.4, 0.5) is 0 Å². The van der Waals surface area contributed by atoms with Crippen LogP contribution in [-0.2, 0) is 23.7 Å². The quantitative estimate of drug-likeness (QED) is 0.692. The minimum absolute atomic E-state index is 0.0380. The molecule has 2 N–H and O–H groups in total. The van der Waals surface area contributed by atoms with Crippen molar-refractivity contribution in [3.63, 3.8) is 0 Å². The second-order valence-corrected chi connectivity index (χ2v) is 7.03. The molecule has 9 heteroatoms. The van der Waals surface area contributed by atoms with E-state index < -0.39 is 10.2 Å². The molecule has 0 aromatic carbocycles. The molecule has 1 fully saturated rings. The zero-order valence-corrected chi connectivity index (χ0v) is 13.4. The first-order chi connectivity index (χ1) is 10.0. The highest BCUT2D eigenvalue weighted by Crippen LogP contribution is 2.19. The first kappa shape index (κ1) is 16.3. The molecule has 8 nitrogen and oxygen atoms in total. The van der Waals surface area contributed by atoms with Crippen LogP contribution in [0.25, 0.3) is 0 Å². The Balaban J connectivity index is 1.92. The molecule has 120 valence electrons. The lowest BCUT2D eigenvalue weighted by Gasteiger charge is -2.34. The molecule has 21 heavy (non-hydrogen) atoms. The summed E-state index contributed by atoms with van der Waals surface area (Å²) in [7, 11) is 0.258. The monoisotopic (exact) mass is 316 g/mol. The van der Waals surface area contributed by atoms with Gasteiger partial charge >= 0.3 is 0 Å². The van der Waals surface area contributed by atoms with Gasteiger partial charge in [0.15, 0.2) is 0 Å². The molecule has 0 bridgehead atoms. The number of aryl methyl sites for hydroxylation is 1. The van der Waals surface area contributed by atoms with Crippen LogP contribution in [0.2, 0.25) is 0 Å². The van der Waals surface area contributed by atoms with Crippen molar-refractivity contribution in [2.75, 3.05) is 26.7 Å². The van der Waals surface area contributed by atoms with E-state index in [-0.39, 0.29) is 6.04 Å². The molecule has 1 aromatic heterocycles. The topological polar surface area (TPSA) is 92.2 Å². The van der Waals surface area contributed by atoms with Gasteiger partial charge in [-0.3, -0.25) is 0 Å². The molecule has 0 saturated carbocycles. The minimum Gasteiger partial charge on any atom is -0.321 e. The Morgan fingerprint density at radius 1 is 1.43 bits per heavy atom. The van der Waals surface area contributed by atoms with E-state index in [0.29, 0.717) is 26.1 Å². The number of piperidine rings is 1. The summed E-state index contributed by atoms with van der Waals surface area (Å²) in [5.74, 6) is 0.767. The third kappa shape index (κ3) is 4.22. The predicted molar refractivity (Wildman–Crippen MR) is 79.9 cm³/mol. The Morgan fingerprint density at radius 3 is 2.90 bits per heavy atom. The van der Waals surface area contributed by atoms with Gasteiger partial charge in [0, 0.05) is 39.1 Å². The zero-order valence-electron chi connectivity index (χ0n) is 12.6. The van der Waals surface area contributed by atoms with Crippen molar-refractivity contribution in [1.29, 1.82) is 0 Å². The lowest BCUT2D eigenvalue weighted by molar-refractivity contribution is 0.246. The Hall–Kier alpha value is -1.03. The van der Waals surface area contributed by atoms with Crippen LogP contribution in [0.5, 0.6) is 0 Å². The van der Waals surface area contributed by atoms with Crippen molar-refractivity contribution < 1.29 is 8.42 Å². The Kier molecular flexibility index (Phi) is 5.68. The standard InChI is InChI=1S/C12H24N6O2S/c1-13-9-11-5-3-4-8-18(11)21(19,20)15-7-6-12-16-14-10-17(12)2/h10-11,13,15H,3-9H2,1-2H3. The normalized spacial score (nSPS) is 20.8.